The quantitative estimate of drug-likeness (QED) is 0.611. The van der Waals surface area contributed by atoms with E-state index in [1.807, 2.05) is 0 Å². The largest absolute Gasteiger partial charge is 0.402 e. The Balaban J connectivity index is 1.87. The molecule has 0 fully saturated rings. The lowest BCUT2D eigenvalue weighted by Gasteiger charge is -2.09. The molecule has 1 heterocycles. The number of sulfonamides is 1. The first-order valence-electron chi connectivity index (χ1n) is 8.16. The second kappa shape index (κ2) is 7.64. The van der Waals surface area contributed by atoms with Crippen LogP contribution < -0.4 is 4.72 Å². The van der Waals surface area contributed by atoms with Crippen molar-refractivity contribution >= 4 is 39.6 Å². The van der Waals surface area contributed by atoms with E-state index in [0.717, 1.165) is 0 Å². The predicted molar refractivity (Wildman–Crippen MR) is 104 cm³/mol. The Morgan fingerprint density at radius 2 is 1.78 bits per heavy atom. The summed E-state index contributed by atoms with van der Waals surface area (Å²) in [4.78, 5) is 16.4. The van der Waals surface area contributed by atoms with Gasteiger partial charge >= 0.3 is 5.97 Å². The Morgan fingerprint density at radius 1 is 1.11 bits per heavy atom. The summed E-state index contributed by atoms with van der Waals surface area (Å²) in [6.45, 7) is 3.48. The van der Waals surface area contributed by atoms with E-state index >= 15 is 0 Å². The number of nitrogens with zero attached hydrogens (tertiary/aromatic N) is 1. The van der Waals surface area contributed by atoms with E-state index in [1.165, 1.54) is 12.1 Å². The molecule has 0 saturated heterocycles. The van der Waals surface area contributed by atoms with Crippen molar-refractivity contribution in [3.8, 4) is 0 Å². The molecule has 0 aliphatic carbocycles. The van der Waals surface area contributed by atoms with Crippen molar-refractivity contribution in [3.05, 3.63) is 70.4 Å². The van der Waals surface area contributed by atoms with Crippen LogP contribution in [0.2, 0.25) is 5.02 Å². The van der Waals surface area contributed by atoms with Crippen LogP contribution in [0.1, 0.15) is 25.0 Å². The molecule has 0 aromatic heterocycles. The first-order chi connectivity index (χ1) is 12.8. The molecule has 0 spiro atoms. The van der Waals surface area contributed by atoms with Gasteiger partial charge in [-0.2, -0.15) is 0 Å². The Hall–Kier alpha value is -2.48. The minimum atomic E-state index is -3.59. The molecule has 0 atom stereocenters. The van der Waals surface area contributed by atoms with Crippen molar-refractivity contribution in [1.82, 2.24) is 4.72 Å². The molecule has 0 radical (unpaired) electrons. The van der Waals surface area contributed by atoms with Crippen LogP contribution in [0.15, 0.2) is 64.1 Å². The van der Waals surface area contributed by atoms with Crippen molar-refractivity contribution in [2.45, 2.75) is 24.8 Å². The van der Waals surface area contributed by atoms with Crippen molar-refractivity contribution < 1.29 is 17.9 Å². The Labute approximate surface area is 162 Å². The summed E-state index contributed by atoms with van der Waals surface area (Å²) in [6.07, 6.45) is 1.54. The monoisotopic (exact) mass is 404 g/mol. The van der Waals surface area contributed by atoms with Crippen molar-refractivity contribution in [2.75, 3.05) is 0 Å². The van der Waals surface area contributed by atoms with Gasteiger partial charge in [-0.3, -0.25) is 0 Å². The van der Waals surface area contributed by atoms with Gasteiger partial charge in [-0.1, -0.05) is 29.8 Å². The fourth-order valence-corrected chi connectivity index (χ4v) is 3.87. The minimum absolute atomic E-state index is 0.110. The molecule has 0 unspecified atom stereocenters. The normalized spacial score (nSPS) is 15.9. The number of benzene rings is 2. The van der Waals surface area contributed by atoms with Crippen LogP contribution in [0.5, 0.6) is 0 Å². The van der Waals surface area contributed by atoms with Gasteiger partial charge < -0.3 is 4.74 Å². The molecule has 3 rings (SSSR count). The SMILES string of the molecule is CC(C)NS(=O)(=O)c1ccc(C2=N/C(=C\c3ccccc3Cl)C(=O)O2)cc1. The summed E-state index contributed by atoms with van der Waals surface area (Å²) < 4.78 is 32.0. The molecule has 1 aliphatic heterocycles. The van der Waals surface area contributed by atoms with Crippen LogP contribution in [0.3, 0.4) is 0 Å². The fourth-order valence-electron chi connectivity index (χ4n) is 2.43. The van der Waals surface area contributed by atoms with Gasteiger partial charge in [-0.05, 0) is 55.8 Å². The maximum absolute atomic E-state index is 12.2. The topological polar surface area (TPSA) is 84.8 Å². The summed E-state index contributed by atoms with van der Waals surface area (Å²) in [5.41, 5.74) is 1.27. The molecular formula is C19H17ClN2O4S. The molecule has 140 valence electrons. The Morgan fingerprint density at radius 3 is 2.41 bits per heavy atom. The standard InChI is InChI=1S/C19H17ClN2O4S/c1-12(2)22-27(24,25)15-9-7-13(8-10-15)18-21-17(19(23)26-18)11-14-5-3-4-6-16(14)20/h3-12,22H,1-2H3/b17-11-. The Kier molecular flexibility index (Phi) is 5.46. The highest BCUT2D eigenvalue weighted by Crippen LogP contribution is 2.23. The molecule has 2 aromatic carbocycles. The molecule has 6 nitrogen and oxygen atoms in total. The summed E-state index contributed by atoms with van der Waals surface area (Å²) in [5, 5.41) is 0.494. The summed E-state index contributed by atoms with van der Waals surface area (Å²) in [7, 11) is -3.59. The molecule has 27 heavy (non-hydrogen) atoms. The van der Waals surface area contributed by atoms with Gasteiger partial charge in [0.05, 0.1) is 4.90 Å². The summed E-state index contributed by atoms with van der Waals surface area (Å²) in [6, 6.07) is 12.8. The number of ether oxygens (including phenoxy) is 1. The number of hydrogen-bond donors (Lipinski definition) is 1. The number of rotatable bonds is 5. The number of cyclic esters (lactones) is 1. The highest BCUT2D eigenvalue weighted by atomic mass is 35.5. The van der Waals surface area contributed by atoms with Crippen LogP contribution in [0.25, 0.3) is 6.08 Å². The molecule has 1 N–H and O–H groups in total. The van der Waals surface area contributed by atoms with E-state index in [0.29, 0.717) is 16.1 Å². The van der Waals surface area contributed by atoms with Crippen molar-refractivity contribution in [1.29, 1.82) is 0 Å². The number of nitrogens with one attached hydrogen (secondary N) is 1. The van der Waals surface area contributed by atoms with Gasteiger partial charge in [0.1, 0.15) is 0 Å². The second-order valence-corrected chi connectivity index (χ2v) is 8.28. The van der Waals surface area contributed by atoms with Crippen LogP contribution >= 0.6 is 11.6 Å². The van der Waals surface area contributed by atoms with Gasteiger partial charge in [0.15, 0.2) is 5.70 Å². The van der Waals surface area contributed by atoms with E-state index in [2.05, 4.69) is 9.71 Å². The molecule has 2 aromatic rings. The van der Waals surface area contributed by atoms with E-state index in [-0.39, 0.29) is 22.5 Å². The van der Waals surface area contributed by atoms with E-state index in [9.17, 15) is 13.2 Å². The molecule has 0 bridgehead atoms. The van der Waals surface area contributed by atoms with Gasteiger partial charge in [-0.15, -0.1) is 0 Å². The minimum Gasteiger partial charge on any atom is -0.402 e. The molecule has 1 aliphatic rings. The lowest BCUT2D eigenvalue weighted by Crippen LogP contribution is -2.30. The van der Waals surface area contributed by atoms with E-state index in [4.69, 9.17) is 16.3 Å². The third-order valence-electron chi connectivity index (χ3n) is 3.62. The first-order valence-corrected chi connectivity index (χ1v) is 10.0. The van der Waals surface area contributed by atoms with E-state index < -0.39 is 16.0 Å². The second-order valence-electron chi connectivity index (χ2n) is 6.16. The number of esters is 1. The number of aliphatic imine (C=N–C) groups is 1. The van der Waals surface area contributed by atoms with E-state index in [1.54, 1.807) is 56.3 Å². The lowest BCUT2D eigenvalue weighted by atomic mass is 10.2. The van der Waals surface area contributed by atoms with Gasteiger partial charge in [0, 0.05) is 16.6 Å². The van der Waals surface area contributed by atoms with Gasteiger partial charge in [-0.25, -0.2) is 22.9 Å². The Bertz CT molecular complexity index is 1040. The fraction of sp³-hybridized carbons (Fsp3) is 0.158. The molecular weight excluding hydrogens is 388 g/mol. The number of halogens is 1. The zero-order valence-electron chi connectivity index (χ0n) is 14.6. The number of carbonyl (C=O) groups is 1. The third-order valence-corrected chi connectivity index (χ3v) is 5.64. The third kappa shape index (κ3) is 4.44. The average Bonchev–Trinajstić information content (AvgIpc) is 2.97. The van der Waals surface area contributed by atoms with Crippen molar-refractivity contribution in [3.63, 3.8) is 0 Å². The zero-order valence-corrected chi connectivity index (χ0v) is 16.2. The summed E-state index contributed by atoms with van der Waals surface area (Å²) >= 11 is 6.09. The molecule has 0 saturated carbocycles. The van der Waals surface area contributed by atoms with Crippen LogP contribution in [-0.4, -0.2) is 26.3 Å². The lowest BCUT2D eigenvalue weighted by molar-refractivity contribution is -0.129. The van der Waals surface area contributed by atoms with Crippen LogP contribution in [0.4, 0.5) is 0 Å². The van der Waals surface area contributed by atoms with Crippen LogP contribution in [-0.2, 0) is 19.6 Å². The smallest absolute Gasteiger partial charge is 0.363 e. The number of hydrogen-bond acceptors (Lipinski definition) is 5. The first kappa shape index (κ1) is 19.3. The van der Waals surface area contributed by atoms with Crippen molar-refractivity contribution in [2.24, 2.45) is 4.99 Å². The van der Waals surface area contributed by atoms with Gasteiger partial charge in [0.25, 0.3) is 0 Å². The highest BCUT2D eigenvalue weighted by molar-refractivity contribution is 7.89. The maximum atomic E-state index is 12.2. The van der Waals surface area contributed by atoms with Crippen LogP contribution in [0, 0.1) is 0 Å². The number of carbonyl (C=O) groups excluding carboxylic acids is 1. The molecule has 8 heteroatoms. The highest BCUT2D eigenvalue weighted by Gasteiger charge is 2.25. The maximum Gasteiger partial charge on any atom is 0.363 e. The molecule has 0 amide bonds. The zero-order chi connectivity index (χ0) is 19.6. The average molecular weight is 405 g/mol. The predicted octanol–water partition coefficient (Wildman–Crippen LogP) is 3.37. The van der Waals surface area contributed by atoms with Gasteiger partial charge in [0.2, 0.25) is 15.9 Å². The summed E-state index contributed by atoms with van der Waals surface area (Å²) in [5.74, 6) is -0.484.